The van der Waals surface area contributed by atoms with Gasteiger partial charge in [-0.05, 0) is 13.3 Å². The van der Waals surface area contributed by atoms with E-state index in [1.54, 1.807) is 0 Å². The predicted molar refractivity (Wildman–Crippen MR) is 87.3 cm³/mol. The summed E-state index contributed by atoms with van der Waals surface area (Å²) in [6, 6.07) is 9.81. The Hall–Kier alpha value is -1.88. The molecule has 0 aliphatic carbocycles. The van der Waals surface area contributed by atoms with Gasteiger partial charge in [0.25, 0.3) is 0 Å². The van der Waals surface area contributed by atoms with Gasteiger partial charge in [0, 0.05) is 18.7 Å². The average Bonchev–Trinajstić information content (AvgIpc) is 2.93. The minimum atomic E-state index is -0.922. The normalized spacial score (nSPS) is 12.1. The molecule has 2 aromatic rings. The second-order valence-electron chi connectivity index (χ2n) is 5.09. The highest BCUT2D eigenvalue weighted by Crippen LogP contribution is 2.33. The highest BCUT2D eigenvalue weighted by molar-refractivity contribution is 7.17. The number of carbonyl (C=O) groups is 1. The molecule has 1 heterocycles. The van der Waals surface area contributed by atoms with Crippen LogP contribution in [0.4, 0.5) is 5.13 Å². The lowest BCUT2D eigenvalue weighted by molar-refractivity contribution is 0.0702. The van der Waals surface area contributed by atoms with Crippen LogP contribution in [-0.2, 0) is 0 Å². The van der Waals surface area contributed by atoms with Crippen molar-refractivity contribution in [2.24, 2.45) is 0 Å². The molecular weight excluding hydrogens is 284 g/mol. The first kappa shape index (κ1) is 15.5. The van der Waals surface area contributed by atoms with E-state index < -0.39 is 5.97 Å². The van der Waals surface area contributed by atoms with Crippen molar-refractivity contribution in [3.05, 3.63) is 35.2 Å². The molecule has 0 saturated heterocycles. The van der Waals surface area contributed by atoms with E-state index in [4.69, 9.17) is 0 Å². The molecule has 0 spiro atoms. The van der Waals surface area contributed by atoms with Crippen molar-refractivity contribution >= 4 is 22.4 Å². The van der Waals surface area contributed by atoms with Gasteiger partial charge < -0.3 is 10.0 Å². The van der Waals surface area contributed by atoms with E-state index in [2.05, 4.69) is 23.7 Å². The number of anilines is 1. The number of benzene rings is 1. The quantitative estimate of drug-likeness (QED) is 0.871. The molecular formula is C16H20N2O2S. The molecule has 4 nitrogen and oxygen atoms in total. The van der Waals surface area contributed by atoms with Crippen LogP contribution in [0.2, 0.25) is 0 Å². The van der Waals surface area contributed by atoms with Gasteiger partial charge in [-0.1, -0.05) is 55.0 Å². The third kappa shape index (κ3) is 3.42. The molecule has 0 aliphatic rings. The predicted octanol–water partition coefficient (Wildman–Crippen LogP) is 4.13. The van der Waals surface area contributed by atoms with Gasteiger partial charge in [0.1, 0.15) is 4.88 Å². The lowest BCUT2D eigenvalue weighted by atomic mass is 10.1. The number of hydrogen-bond acceptors (Lipinski definition) is 4. The smallest absolute Gasteiger partial charge is 0.348 e. The fourth-order valence-electron chi connectivity index (χ4n) is 2.20. The number of aromatic carboxylic acids is 1. The van der Waals surface area contributed by atoms with Gasteiger partial charge in [-0.3, -0.25) is 0 Å². The molecule has 1 N–H and O–H groups in total. The van der Waals surface area contributed by atoms with Crippen LogP contribution in [0.5, 0.6) is 0 Å². The van der Waals surface area contributed by atoms with Crippen LogP contribution in [0.25, 0.3) is 11.3 Å². The number of hydrogen-bond donors (Lipinski definition) is 1. The zero-order valence-electron chi connectivity index (χ0n) is 12.5. The van der Waals surface area contributed by atoms with Crippen molar-refractivity contribution in [1.82, 2.24) is 4.98 Å². The van der Waals surface area contributed by atoms with Gasteiger partial charge in [0.15, 0.2) is 5.13 Å². The van der Waals surface area contributed by atoms with Crippen LogP contribution >= 0.6 is 11.3 Å². The summed E-state index contributed by atoms with van der Waals surface area (Å²) in [4.78, 5) is 18.4. The van der Waals surface area contributed by atoms with Crippen LogP contribution in [0.15, 0.2) is 30.3 Å². The summed E-state index contributed by atoms with van der Waals surface area (Å²) in [6.07, 6.45) is 2.15. The lowest BCUT2D eigenvalue weighted by Gasteiger charge is -2.23. The average molecular weight is 304 g/mol. The fourth-order valence-corrected chi connectivity index (χ4v) is 3.19. The van der Waals surface area contributed by atoms with E-state index >= 15 is 0 Å². The second-order valence-corrected chi connectivity index (χ2v) is 6.07. The summed E-state index contributed by atoms with van der Waals surface area (Å²) in [5, 5.41) is 10.2. The Morgan fingerprint density at radius 1 is 1.38 bits per heavy atom. The SMILES string of the molecule is CCCC(C)N(C)c1nc(-c2ccccc2)c(C(=O)O)s1. The molecule has 0 amide bonds. The van der Waals surface area contributed by atoms with E-state index in [-0.39, 0.29) is 0 Å². The molecule has 0 bridgehead atoms. The minimum Gasteiger partial charge on any atom is -0.477 e. The molecule has 21 heavy (non-hydrogen) atoms. The van der Waals surface area contributed by atoms with Gasteiger partial charge >= 0.3 is 5.97 Å². The third-order valence-corrected chi connectivity index (χ3v) is 4.66. The van der Waals surface area contributed by atoms with Gasteiger partial charge in [0.05, 0.1) is 5.69 Å². The van der Waals surface area contributed by atoms with Crippen molar-refractivity contribution in [3.8, 4) is 11.3 Å². The summed E-state index contributed by atoms with van der Waals surface area (Å²) < 4.78 is 0. The maximum absolute atomic E-state index is 11.5. The molecule has 5 heteroatoms. The van der Waals surface area contributed by atoms with Crippen molar-refractivity contribution in [2.75, 3.05) is 11.9 Å². The Balaban J connectivity index is 2.40. The van der Waals surface area contributed by atoms with E-state index in [0.717, 1.165) is 23.5 Å². The van der Waals surface area contributed by atoms with Crippen LogP contribution in [0, 0.1) is 0 Å². The van der Waals surface area contributed by atoms with Crippen LogP contribution in [-0.4, -0.2) is 29.1 Å². The Labute approximate surface area is 129 Å². The molecule has 112 valence electrons. The molecule has 2 rings (SSSR count). The molecule has 0 fully saturated rings. The first-order chi connectivity index (χ1) is 10.0. The van der Waals surface area contributed by atoms with Gasteiger partial charge in [-0.15, -0.1) is 0 Å². The summed E-state index contributed by atoms with van der Waals surface area (Å²) in [5.41, 5.74) is 1.40. The number of rotatable bonds is 6. The maximum Gasteiger partial charge on any atom is 0.348 e. The zero-order chi connectivity index (χ0) is 15.4. The minimum absolute atomic E-state index is 0.298. The second kappa shape index (κ2) is 6.72. The molecule has 1 aromatic heterocycles. The zero-order valence-corrected chi connectivity index (χ0v) is 13.4. The topological polar surface area (TPSA) is 53.4 Å². The Morgan fingerprint density at radius 2 is 2.05 bits per heavy atom. The largest absolute Gasteiger partial charge is 0.477 e. The van der Waals surface area contributed by atoms with Crippen molar-refractivity contribution in [3.63, 3.8) is 0 Å². The number of carboxylic acid groups (broad SMARTS) is 1. The van der Waals surface area contributed by atoms with E-state index in [1.807, 2.05) is 37.4 Å². The van der Waals surface area contributed by atoms with Gasteiger partial charge in [0.2, 0.25) is 0 Å². The van der Waals surface area contributed by atoms with E-state index in [0.29, 0.717) is 16.6 Å². The summed E-state index contributed by atoms with van der Waals surface area (Å²) >= 11 is 1.24. The number of aromatic nitrogens is 1. The van der Waals surface area contributed by atoms with Gasteiger partial charge in [-0.2, -0.15) is 0 Å². The summed E-state index contributed by atoms with van der Waals surface area (Å²) in [6.45, 7) is 4.28. The Morgan fingerprint density at radius 3 is 2.62 bits per heavy atom. The molecule has 1 atom stereocenters. The number of carboxylic acids is 1. The number of nitrogens with zero attached hydrogens (tertiary/aromatic N) is 2. The Kier molecular flexibility index (Phi) is 4.96. The standard InChI is InChI=1S/C16H20N2O2S/c1-4-8-11(2)18(3)16-17-13(14(21-16)15(19)20)12-9-6-5-7-10-12/h5-7,9-11H,4,8H2,1-3H3,(H,19,20). The van der Waals surface area contributed by atoms with Crippen molar-refractivity contribution < 1.29 is 9.90 Å². The molecule has 1 aromatic carbocycles. The maximum atomic E-state index is 11.5. The highest BCUT2D eigenvalue weighted by Gasteiger charge is 2.22. The van der Waals surface area contributed by atoms with Crippen LogP contribution < -0.4 is 4.90 Å². The first-order valence-corrected chi connectivity index (χ1v) is 7.88. The molecule has 0 saturated carbocycles. The first-order valence-electron chi connectivity index (χ1n) is 7.07. The fraction of sp³-hybridized carbons (Fsp3) is 0.375. The van der Waals surface area contributed by atoms with Crippen LogP contribution in [0.3, 0.4) is 0 Å². The number of thiazole rings is 1. The van der Waals surface area contributed by atoms with E-state index in [9.17, 15) is 9.90 Å². The molecule has 0 aliphatic heterocycles. The van der Waals surface area contributed by atoms with Crippen molar-refractivity contribution in [2.45, 2.75) is 32.7 Å². The summed E-state index contributed by atoms with van der Waals surface area (Å²) in [7, 11) is 1.97. The monoisotopic (exact) mass is 304 g/mol. The highest BCUT2D eigenvalue weighted by atomic mass is 32.1. The van der Waals surface area contributed by atoms with Gasteiger partial charge in [-0.25, -0.2) is 9.78 Å². The lowest BCUT2D eigenvalue weighted by Crippen LogP contribution is -2.28. The van der Waals surface area contributed by atoms with Crippen molar-refractivity contribution in [1.29, 1.82) is 0 Å². The third-order valence-electron chi connectivity index (χ3n) is 3.53. The van der Waals surface area contributed by atoms with E-state index in [1.165, 1.54) is 11.3 Å². The molecule has 0 radical (unpaired) electrons. The molecule has 1 unspecified atom stereocenters. The van der Waals surface area contributed by atoms with Crippen LogP contribution in [0.1, 0.15) is 36.4 Å². The summed E-state index contributed by atoms with van der Waals surface area (Å²) in [5.74, 6) is -0.922. The Bertz CT molecular complexity index is 610.